The first kappa shape index (κ1) is 14.4. The van der Waals surface area contributed by atoms with Crippen molar-refractivity contribution in [3.05, 3.63) is 17.4 Å². The highest BCUT2D eigenvalue weighted by Crippen LogP contribution is 2.43. The fourth-order valence-corrected chi connectivity index (χ4v) is 5.56. The standard InChI is InChI=1S/C13H20ClN3O2S/c14-12-10-15-17(11-12)7-6-16-5-4-13(2-1-3-13)20(18,19)9-8-16/h10-11H,1-9H2. The molecular weight excluding hydrogens is 298 g/mol. The van der Waals surface area contributed by atoms with Gasteiger partial charge in [-0.25, -0.2) is 8.42 Å². The molecule has 2 fully saturated rings. The van der Waals surface area contributed by atoms with Crippen LogP contribution < -0.4 is 0 Å². The number of hydrogen-bond donors (Lipinski definition) is 0. The zero-order valence-electron chi connectivity index (χ0n) is 11.5. The Balaban J connectivity index is 1.60. The molecular formula is C13H20ClN3O2S. The Morgan fingerprint density at radius 1 is 1.25 bits per heavy atom. The molecule has 0 radical (unpaired) electrons. The fourth-order valence-electron chi connectivity index (χ4n) is 3.16. The van der Waals surface area contributed by atoms with E-state index in [0.717, 1.165) is 45.3 Å². The van der Waals surface area contributed by atoms with E-state index in [9.17, 15) is 8.42 Å². The Hall–Kier alpha value is -0.590. The lowest BCUT2D eigenvalue weighted by molar-refractivity contribution is 0.239. The molecule has 0 aromatic carbocycles. The highest BCUT2D eigenvalue weighted by Gasteiger charge is 2.49. The summed E-state index contributed by atoms with van der Waals surface area (Å²) >= 11 is 5.83. The van der Waals surface area contributed by atoms with Crippen LogP contribution in [0.2, 0.25) is 5.02 Å². The Bertz CT molecular complexity index is 580. The van der Waals surface area contributed by atoms with E-state index < -0.39 is 14.6 Å². The zero-order chi connectivity index (χ0) is 14.2. The number of sulfone groups is 1. The second kappa shape index (κ2) is 5.31. The topological polar surface area (TPSA) is 55.2 Å². The Labute approximate surface area is 124 Å². The van der Waals surface area contributed by atoms with Crippen molar-refractivity contribution in [2.45, 2.75) is 37.0 Å². The van der Waals surface area contributed by atoms with Crippen LogP contribution in [0.1, 0.15) is 25.7 Å². The summed E-state index contributed by atoms with van der Waals surface area (Å²) in [5.41, 5.74) is 0. The minimum Gasteiger partial charge on any atom is -0.300 e. The van der Waals surface area contributed by atoms with Crippen molar-refractivity contribution >= 4 is 21.4 Å². The van der Waals surface area contributed by atoms with Crippen molar-refractivity contribution in [2.75, 3.05) is 25.4 Å². The summed E-state index contributed by atoms with van der Waals surface area (Å²) in [6, 6.07) is 0. The van der Waals surface area contributed by atoms with Crippen LogP contribution in [-0.2, 0) is 16.4 Å². The molecule has 2 heterocycles. The van der Waals surface area contributed by atoms with Gasteiger partial charge in [-0.1, -0.05) is 18.0 Å². The van der Waals surface area contributed by atoms with E-state index in [-0.39, 0.29) is 0 Å². The highest BCUT2D eigenvalue weighted by molar-refractivity contribution is 7.92. The number of nitrogens with zero attached hydrogens (tertiary/aromatic N) is 3. The maximum atomic E-state index is 12.4. The minimum atomic E-state index is -2.92. The first-order valence-corrected chi connectivity index (χ1v) is 9.16. The van der Waals surface area contributed by atoms with E-state index in [0.29, 0.717) is 17.3 Å². The maximum absolute atomic E-state index is 12.4. The number of rotatable bonds is 3. The van der Waals surface area contributed by atoms with Gasteiger partial charge in [0.25, 0.3) is 0 Å². The summed E-state index contributed by atoms with van der Waals surface area (Å²) in [5, 5.41) is 4.78. The quantitative estimate of drug-likeness (QED) is 0.849. The van der Waals surface area contributed by atoms with E-state index in [4.69, 9.17) is 11.6 Å². The molecule has 112 valence electrons. The van der Waals surface area contributed by atoms with Crippen LogP contribution in [0, 0.1) is 0 Å². The highest BCUT2D eigenvalue weighted by atomic mass is 35.5. The van der Waals surface area contributed by atoms with Crippen LogP contribution in [0.15, 0.2) is 12.4 Å². The lowest BCUT2D eigenvalue weighted by Gasteiger charge is -2.40. The van der Waals surface area contributed by atoms with Gasteiger partial charge < -0.3 is 4.90 Å². The van der Waals surface area contributed by atoms with Crippen molar-refractivity contribution in [1.82, 2.24) is 14.7 Å². The summed E-state index contributed by atoms with van der Waals surface area (Å²) in [6.45, 7) is 3.08. The molecule has 0 bridgehead atoms. The van der Waals surface area contributed by atoms with Crippen molar-refractivity contribution in [3.8, 4) is 0 Å². The lowest BCUT2D eigenvalue weighted by atomic mass is 9.81. The lowest BCUT2D eigenvalue weighted by Crippen LogP contribution is -2.46. The maximum Gasteiger partial charge on any atom is 0.157 e. The number of aromatic nitrogens is 2. The van der Waals surface area contributed by atoms with Gasteiger partial charge in [-0.3, -0.25) is 4.68 Å². The van der Waals surface area contributed by atoms with Gasteiger partial charge in [-0.05, 0) is 25.8 Å². The largest absolute Gasteiger partial charge is 0.300 e. The molecule has 5 nitrogen and oxygen atoms in total. The van der Waals surface area contributed by atoms with Crippen LogP contribution >= 0.6 is 11.6 Å². The third-order valence-corrected chi connectivity index (χ3v) is 7.58. The molecule has 1 saturated heterocycles. The number of hydrogen-bond acceptors (Lipinski definition) is 4. The summed E-state index contributed by atoms with van der Waals surface area (Å²) < 4.78 is 26.1. The van der Waals surface area contributed by atoms with Crippen LogP contribution in [0.25, 0.3) is 0 Å². The molecule has 1 spiro atoms. The predicted octanol–water partition coefficient (Wildman–Crippen LogP) is 1.58. The third kappa shape index (κ3) is 2.61. The second-order valence-corrected chi connectivity index (χ2v) is 8.81. The molecule has 0 N–H and O–H groups in total. The average Bonchev–Trinajstić information content (AvgIpc) is 2.69. The Morgan fingerprint density at radius 2 is 2.05 bits per heavy atom. The van der Waals surface area contributed by atoms with Gasteiger partial charge >= 0.3 is 0 Å². The van der Waals surface area contributed by atoms with E-state index in [2.05, 4.69) is 10.00 Å². The van der Waals surface area contributed by atoms with Gasteiger partial charge in [-0.15, -0.1) is 0 Å². The molecule has 1 aromatic rings. The summed E-state index contributed by atoms with van der Waals surface area (Å²) in [5.74, 6) is 0.298. The molecule has 1 aromatic heterocycles. The summed E-state index contributed by atoms with van der Waals surface area (Å²) in [7, 11) is -2.92. The van der Waals surface area contributed by atoms with Crippen LogP contribution in [0.4, 0.5) is 0 Å². The smallest absolute Gasteiger partial charge is 0.157 e. The van der Waals surface area contributed by atoms with Crippen LogP contribution in [-0.4, -0.2) is 53.2 Å². The first-order valence-electron chi connectivity index (χ1n) is 7.13. The van der Waals surface area contributed by atoms with Crippen LogP contribution in [0.3, 0.4) is 0 Å². The van der Waals surface area contributed by atoms with Gasteiger partial charge in [0, 0.05) is 19.3 Å². The van der Waals surface area contributed by atoms with Crippen molar-refractivity contribution in [1.29, 1.82) is 0 Å². The molecule has 7 heteroatoms. The molecule has 3 rings (SSSR count). The third-order valence-electron chi connectivity index (χ3n) is 4.73. The molecule has 2 aliphatic rings. The Morgan fingerprint density at radius 3 is 2.65 bits per heavy atom. The minimum absolute atomic E-state index is 0.298. The molecule has 0 unspecified atom stereocenters. The van der Waals surface area contributed by atoms with E-state index in [1.165, 1.54) is 0 Å². The molecule has 0 atom stereocenters. The van der Waals surface area contributed by atoms with Gasteiger partial charge in [0.1, 0.15) is 0 Å². The van der Waals surface area contributed by atoms with Crippen molar-refractivity contribution < 1.29 is 8.42 Å². The zero-order valence-corrected chi connectivity index (χ0v) is 13.0. The summed E-state index contributed by atoms with van der Waals surface area (Å²) in [6.07, 6.45) is 6.98. The predicted molar refractivity (Wildman–Crippen MR) is 78.7 cm³/mol. The van der Waals surface area contributed by atoms with E-state index in [1.807, 2.05) is 0 Å². The SMILES string of the molecule is O=S1(=O)CCN(CCn2cc(Cl)cn2)CCC12CCC2. The van der Waals surface area contributed by atoms with Crippen LogP contribution in [0.5, 0.6) is 0 Å². The molecule has 1 aliphatic heterocycles. The normalized spacial score (nSPS) is 25.2. The van der Waals surface area contributed by atoms with E-state index in [1.54, 1.807) is 17.1 Å². The van der Waals surface area contributed by atoms with Gasteiger partial charge in [0.15, 0.2) is 9.84 Å². The first-order chi connectivity index (χ1) is 9.51. The molecule has 1 aliphatic carbocycles. The van der Waals surface area contributed by atoms with Gasteiger partial charge in [0.05, 0.1) is 28.3 Å². The fraction of sp³-hybridized carbons (Fsp3) is 0.769. The average molecular weight is 318 g/mol. The van der Waals surface area contributed by atoms with Crippen molar-refractivity contribution in [2.24, 2.45) is 0 Å². The van der Waals surface area contributed by atoms with Gasteiger partial charge in [0.2, 0.25) is 0 Å². The van der Waals surface area contributed by atoms with Crippen molar-refractivity contribution in [3.63, 3.8) is 0 Å². The van der Waals surface area contributed by atoms with E-state index >= 15 is 0 Å². The monoisotopic (exact) mass is 317 g/mol. The second-order valence-electron chi connectivity index (χ2n) is 5.87. The summed E-state index contributed by atoms with van der Waals surface area (Å²) in [4.78, 5) is 2.24. The molecule has 20 heavy (non-hydrogen) atoms. The number of halogens is 1. The molecule has 1 saturated carbocycles. The van der Waals surface area contributed by atoms with Gasteiger partial charge in [-0.2, -0.15) is 5.10 Å². The molecule has 0 amide bonds. The Kier molecular flexibility index (Phi) is 3.81.